The van der Waals surface area contributed by atoms with Crippen LogP contribution in [0.3, 0.4) is 0 Å². The van der Waals surface area contributed by atoms with Gasteiger partial charge in [-0.3, -0.25) is 0 Å². The Morgan fingerprint density at radius 1 is 1.28 bits per heavy atom. The Bertz CT molecular complexity index is 690. The van der Waals surface area contributed by atoms with Crippen LogP contribution in [0.15, 0.2) is 47.1 Å². The molecule has 0 bridgehead atoms. The number of urea groups is 1. The van der Waals surface area contributed by atoms with Crippen LogP contribution in [0.5, 0.6) is 0 Å². The Morgan fingerprint density at radius 3 is 2.88 bits per heavy atom. The number of aliphatic hydroxyl groups excluding tert-OH is 1. The third-order valence-electron chi connectivity index (χ3n) is 4.62. The molecule has 1 aromatic heterocycles. The van der Waals surface area contributed by atoms with Crippen molar-refractivity contribution in [3.63, 3.8) is 0 Å². The van der Waals surface area contributed by atoms with E-state index >= 15 is 0 Å². The summed E-state index contributed by atoms with van der Waals surface area (Å²) in [4.78, 5) is 14.4. The Labute approximate surface area is 146 Å². The molecule has 0 saturated carbocycles. The predicted molar refractivity (Wildman–Crippen MR) is 92.7 cm³/mol. The molecule has 2 aromatic rings. The second kappa shape index (κ2) is 8.16. The minimum absolute atomic E-state index is 0.116. The molecular weight excluding hydrogens is 323 g/mol. The third-order valence-corrected chi connectivity index (χ3v) is 4.62. The Hall–Kier alpha value is -2.34. The minimum Gasteiger partial charge on any atom is -0.467 e. The van der Waals surface area contributed by atoms with Crippen molar-refractivity contribution in [1.29, 1.82) is 0 Å². The number of rotatable bonds is 4. The average Bonchev–Trinajstić information content (AvgIpc) is 3.04. The zero-order valence-corrected chi connectivity index (χ0v) is 14.0. The molecule has 2 N–H and O–H groups in total. The van der Waals surface area contributed by atoms with Gasteiger partial charge >= 0.3 is 6.03 Å². The van der Waals surface area contributed by atoms with E-state index in [1.807, 2.05) is 0 Å². The van der Waals surface area contributed by atoms with Crippen molar-refractivity contribution >= 4 is 11.7 Å². The zero-order valence-electron chi connectivity index (χ0n) is 14.0. The van der Waals surface area contributed by atoms with Gasteiger partial charge in [0, 0.05) is 19.0 Å². The molecule has 6 heteroatoms. The van der Waals surface area contributed by atoms with Crippen molar-refractivity contribution in [3.05, 3.63) is 54.2 Å². The van der Waals surface area contributed by atoms with Crippen molar-refractivity contribution in [3.8, 4) is 0 Å². The summed E-state index contributed by atoms with van der Waals surface area (Å²) in [5.41, 5.74) is 0.169. The van der Waals surface area contributed by atoms with E-state index in [-0.39, 0.29) is 17.8 Å². The lowest BCUT2D eigenvalue weighted by Gasteiger charge is -2.31. The number of furan rings is 1. The number of anilines is 1. The van der Waals surface area contributed by atoms with Gasteiger partial charge in [-0.25, -0.2) is 9.18 Å². The maximum atomic E-state index is 13.8. The van der Waals surface area contributed by atoms with Crippen molar-refractivity contribution in [2.75, 3.05) is 11.9 Å². The summed E-state index contributed by atoms with van der Waals surface area (Å²) in [5, 5.41) is 13.0. The van der Waals surface area contributed by atoms with Gasteiger partial charge in [0.2, 0.25) is 0 Å². The normalized spacial score (nSPS) is 19.3. The van der Waals surface area contributed by atoms with Crippen LogP contribution in [0.25, 0.3) is 0 Å². The van der Waals surface area contributed by atoms with Gasteiger partial charge < -0.3 is 19.7 Å². The number of hydrogen-bond donors (Lipinski definition) is 2. The number of halogens is 1. The third kappa shape index (κ3) is 4.39. The van der Waals surface area contributed by atoms with E-state index in [9.17, 15) is 14.3 Å². The van der Waals surface area contributed by atoms with Gasteiger partial charge in [0.05, 0.1) is 12.0 Å². The molecule has 0 unspecified atom stereocenters. The Kier molecular flexibility index (Phi) is 5.71. The molecule has 0 radical (unpaired) electrons. The standard InChI is InChI=1S/C19H23FN2O3/c20-15-8-3-4-9-16(15)21-19(24)22-11-5-1-2-7-14(22)13-17(23)18-10-6-12-25-18/h3-4,6,8-10,12,14,17,23H,1-2,5,7,11,13H2,(H,21,24)/t14-,17-/m0/s1. The van der Waals surface area contributed by atoms with Gasteiger partial charge in [0.1, 0.15) is 17.7 Å². The van der Waals surface area contributed by atoms with E-state index in [2.05, 4.69) is 5.32 Å². The van der Waals surface area contributed by atoms with Crippen molar-refractivity contribution in [1.82, 2.24) is 4.90 Å². The fourth-order valence-corrected chi connectivity index (χ4v) is 3.29. The van der Waals surface area contributed by atoms with E-state index in [1.54, 1.807) is 29.2 Å². The lowest BCUT2D eigenvalue weighted by atomic mass is 10.0. The molecule has 3 rings (SSSR count). The second-order valence-corrected chi connectivity index (χ2v) is 6.37. The van der Waals surface area contributed by atoms with E-state index < -0.39 is 11.9 Å². The number of carbonyl (C=O) groups excluding carboxylic acids is 1. The molecule has 2 atom stereocenters. The minimum atomic E-state index is -0.762. The number of likely N-dealkylation sites (tertiary alicyclic amines) is 1. The summed E-state index contributed by atoms with van der Waals surface area (Å²) < 4.78 is 19.1. The van der Waals surface area contributed by atoms with Gasteiger partial charge in [-0.2, -0.15) is 0 Å². The monoisotopic (exact) mass is 346 g/mol. The molecule has 1 aromatic carbocycles. The Balaban J connectivity index is 1.71. The summed E-state index contributed by atoms with van der Waals surface area (Å²) in [6.45, 7) is 0.593. The average molecular weight is 346 g/mol. The van der Waals surface area contributed by atoms with Crippen molar-refractivity contribution in [2.45, 2.75) is 44.2 Å². The number of amides is 2. The van der Waals surface area contributed by atoms with E-state index in [4.69, 9.17) is 4.42 Å². The first-order chi connectivity index (χ1) is 12.1. The van der Waals surface area contributed by atoms with Gasteiger partial charge in [0.15, 0.2) is 0 Å². The quantitative estimate of drug-likeness (QED) is 0.866. The number of carbonyl (C=O) groups is 1. The molecule has 2 heterocycles. The number of nitrogens with zero attached hydrogens (tertiary/aromatic N) is 1. The summed E-state index contributed by atoms with van der Waals surface area (Å²) in [5.74, 6) is 0.0385. The maximum Gasteiger partial charge on any atom is 0.322 e. The lowest BCUT2D eigenvalue weighted by Crippen LogP contribution is -2.43. The number of nitrogens with one attached hydrogen (secondary N) is 1. The summed E-state index contributed by atoms with van der Waals surface area (Å²) in [7, 11) is 0. The highest BCUT2D eigenvalue weighted by Crippen LogP contribution is 2.27. The lowest BCUT2D eigenvalue weighted by molar-refractivity contribution is 0.0987. The molecule has 0 spiro atoms. The highest BCUT2D eigenvalue weighted by atomic mass is 19.1. The molecular formula is C19H23FN2O3. The molecule has 0 aliphatic carbocycles. The van der Waals surface area contributed by atoms with Crippen LogP contribution in [0.2, 0.25) is 0 Å². The largest absolute Gasteiger partial charge is 0.467 e. The molecule has 1 saturated heterocycles. The predicted octanol–water partition coefficient (Wildman–Crippen LogP) is 4.32. The fraction of sp³-hybridized carbons (Fsp3) is 0.421. The first-order valence-electron chi connectivity index (χ1n) is 8.69. The van der Waals surface area contributed by atoms with Gasteiger partial charge in [-0.05, 0) is 37.1 Å². The van der Waals surface area contributed by atoms with Gasteiger partial charge in [-0.15, -0.1) is 0 Å². The highest BCUT2D eigenvalue weighted by Gasteiger charge is 2.29. The number of para-hydroxylation sites is 1. The molecule has 1 aliphatic rings. The maximum absolute atomic E-state index is 13.8. The SMILES string of the molecule is O=C(Nc1ccccc1F)N1CCCCC[C@H]1C[C@H](O)c1ccco1. The van der Waals surface area contributed by atoms with Crippen LogP contribution >= 0.6 is 0 Å². The Morgan fingerprint density at radius 2 is 2.12 bits per heavy atom. The van der Waals surface area contributed by atoms with Gasteiger partial charge in [0.25, 0.3) is 0 Å². The number of aliphatic hydroxyl groups is 1. The molecule has 5 nitrogen and oxygen atoms in total. The van der Waals surface area contributed by atoms with Gasteiger partial charge in [-0.1, -0.05) is 25.0 Å². The van der Waals surface area contributed by atoms with Crippen LogP contribution in [0.4, 0.5) is 14.9 Å². The van der Waals surface area contributed by atoms with E-state index in [1.165, 1.54) is 18.4 Å². The molecule has 1 fully saturated rings. The molecule has 1 aliphatic heterocycles. The van der Waals surface area contributed by atoms with Crippen LogP contribution in [0.1, 0.15) is 44.0 Å². The first-order valence-corrected chi connectivity index (χ1v) is 8.69. The smallest absolute Gasteiger partial charge is 0.322 e. The number of benzene rings is 1. The first kappa shape index (κ1) is 17.5. The highest BCUT2D eigenvalue weighted by molar-refractivity contribution is 5.89. The summed E-state index contributed by atoms with van der Waals surface area (Å²) in [6.07, 6.45) is 4.91. The second-order valence-electron chi connectivity index (χ2n) is 6.37. The molecule has 2 amide bonds. The van der Waals surface area contributed by atoms with Crippen molar-refractivity contribution in [2.24, 2.45) is 0 Å². The molecule has 134 valence electrons. The van der Waals surface area contributed by atoms with Crippen LogP contribution in [0, 0.1) is 5.82 Å². The van der Waals surface area contributed by atoms with Crippen LogP contribution in [-0.4, -0.2) is 28.6 Å². The fourth-order valence-electron chi connectivity index (χ4n) is 3.29. The zero-order chi connectivity index (χ0) is 17.6. The number of hydrogen-bond acceptors (Lipinski definition) is 3. The summed E-state index contributed by atoms with van der Waals surface area (Å²) in [6, 6.07) is 9.13. The van der Waals surface area contributed by atoms with E-state index in [0.717, 1.165) is 25.7 Å². The van der Waals surface area contributed by atoms with Crippen LogP contribution in [-0.2, 0) is 0 Å². The summed E-state index contributed by atoms with van der Waals surface area (Å²) >= 11 is 0. The molecule has 25 heavy (non-hydrogen) atoms. The van der Waals surface area contributed by atoms with E-state index in [0.29, 0.717) is 18.7 Å². The van der Waals surface area contributed by atoms with Crippen molar-refractivity contribution < 1.29 is 18.7 Å². The van der Waals surface area contributed by atoms with Crippen LogP contribution < -0.4 is 5.32 Å². The topological polar surface area (TPSA) is 65.7 Å².